The number of benzene rings is 1. The second-order valence-electron chi connectivity index (χ2n) is 4.81. The first-order valence-corrected chi connectivity index (χ1v) is 8.10. The Kier molecular flexibility index (Phi) is 9.93. The summed E-state index contributed by atoms with van der Waals surface area (Å²) in [6, 6.07) is 8.60. The van der Waals surface area contributed by atoms with Gasteiger partial charge in [0.25, 0.3) is 0 Å². The molecule has 0 aliphatic heterocycles. The number of hydrogen-bond acceptors (Lipinski definition) is 3. The zero-order chi connectivity index (χ0) is 14.6. The van der Waals surface area contributed by atoms with Gasteiger partial charge in [-0.2, -0.15) is 0 Å². The van der Waals surface area contributed by atoms with Crippen LogP contribution in [0, 0.1) is 0 Å². The fourth-order valence-corrected chi connectivity index (χ4v) is 2.56. The van der Waals surface area contributed by atoms with Crippen molar-refractivity contribution in [3.63, 3.8) is 0 Å². The molecule has 0 aliphatic carbocycles. The number of nitrogens with one attached hydrogen (secondary N) is 1. The highest BCUT2D eigenvalue weighted by Crippen LogP contribution is 2.23. The first-order valence-electron chi connectivity index (χ1n) is 7.30. The molecule has 20 heavy (non-hydrogen) atoms. The van der Waals surface area contributed by atoms with Crippen LogP contribution in [0.2, 0.25) is 0 Å². The largest absolute Gasteiger partial charge is 0.382 e. The molecule has 0 amide bonds. The molecule has 1 aromatic rings. The van der Waals surface area contributed by atoms with Crippen LogP contribution in [0.25, 0.3) is 0 Å². The number of likely N-dealkylation sites (N-methyl/N-ethyl adjacent to an activating group) is 1. The van der Waals surface area contributed by atoms with Gasteiger partial charge >= 0.3 is 0 Å². The summed E-state index contributed by atoms with van der Waals surface area (Å²) in [5, 5.41) is 3.45. The van der Waals surface area contributed by atoms with Crippen molar-refractivity contribution in [1.29, 1.82) is 0 Å². The highest BCUT2D eigenvalue weighted by Gasteiger charge is 2.11. The summed E-state index contributed by atoms with van der Waals surface area (Å²) in [5.74, 6) is 0.540. The summed E-state index contributed by atoms with van der Waals surface area (Å²) < 4.78 is 11.6. The number of methoxy groups -OCH3 is 1. The van der Waals surface area contributed by atoms with Gasteiger partial charge in [0, 0.05) is 24.7 Å². The fourth-order valence-electron chi connectivity index (χ4n) is 2.14. The summed E-state index contributed by atoms with van der Waals surface area (Å²) in [5.41, 5.74) is 1.39. The van der Waals surface area contributed by atoms with Crippen molar-refractivity contribution in [2.75, 3.05) is 40.0 Å². The topological polar surface area (TPSA) is 30.5 Å². The van der Waals surface area contributed by atoms with Crippen LogP contribution in [-0.2, 0) is 9.47 Å². The molecule has 4 heteroatoms. The first kappa shape index (κ1) is 17.6. The van der Waals surface area contributed by atoms with E-state index in [9.17, 15) is 0 Å². The lowest BCUT2D eigenvalue weighted by atomic mass is 9.94. The second kappa shape index (κ2) is 11.3. The van der Waals surface area contributed by atoms with E-state index in [0.717, 1.165) is 37.0 Å². The molecule has 0 bridgehead atoms. The molecule has 1 rings (SSSR count). The minimum atomic E-state index is 0.540. The molecule has 0 spiro atoms. The third-order valence-electron chi connectivity index (χ3n) is 3.23. The van der Waals surface area contributed by atoms with E-state index in [4.69, 9.17) is 9.47 Å². The van der Waals surface area contributed by atoms with Crippen molar-refractivity contribution in [1.82, 2.24) is 5.32 Å². The molecule has 0 radical (unpaired) electrons. The van der Waals surface area contributed by atoms with Crippen LogP contribution in [-0.4, -0.2) is 40.0 Å². The molecule has 1 atom stereocenters. The lowest BCUT2D eigenvalue weighted by molar-refractivity contribution is 0.0681. The Morgan fingerprint density at radius 2 is 2.10 bits per heavy atom. The van der Waals surface area contributed by atoms with Crippen LogP contribution in [0.4, 0.5) is 0 Å². The van der Waals surface area contributed by atoms with E-state index in [2.05, 4.69) is 52.4 Å². The fraction of sp³-hybridized carbons (Fsp3) is 0.625. The molecular weight excluding hydrogens is 318 g/mol. The van der Waals surface area contributed by atoms with Crippen LogP contribution in [0.3, 0.4) is 0 Å². The SMILES string of the molecule is CCNCC(CCCOCCOC)c1cccc(Br)c1. The number of hydrogen-bond donors (Lipinski definition) is 1. The molecule has 1 unspecified atom stereocenters. The number of ether oxygens (including phenoxy) is 2. The maximum atomic E-state index is 5.53. The van der Waals surface area contributed by atoms with Crippen LogP contribution < -0.4 is 5.32 Å². The van der Waals surface area contributed by atoms with Gasteiger partial charge in [0.2, 0.25) is 0 Å². The second-order valence-corrected chi connectivity index (χ2v) is 5.72. The van der Waals surface area contributed by atoms with Crippen LogP contribution in [0.5, 0.6) is 0 Å². The van der Waals surface area contributed by atoms with Gasteiger partial charge in [0.05, 0.1) is 13.2 Å². The lowest BCUT2D eigenvalue weighted by Gasteiger charge is -2.18. The van der Waals surface area contributed by atoms with E-state index in [1.54, 1.807) is 7.11 Å². The molecule has 1 aromatic carbocycles. The van der Waals surface area contributed by atoms with Crippen molar-refractivity contribution in [3.8, 4) is 0 Å². The third kappa shape index (κ3) is 7.39. The monoisotopic (exact) mass is 343 g/mol. The van der Waals surface area contributed by atoms with E-state index in [1.165, 1.54) is 5.56 Å². The quantitative estimate of drug-likeness (QED) is 0.623. The molecule has 3 nitrogen and oxygen atoms in total. The summed E-state index contributed by atoms with van der Waals surface area (Å²) in [6.45, 7) is 6.34. The highest BCUT2D eigenvalue weighted by atomic mass is 79.9. The van der Waals surface area contributed by atoms with E-state index >= 15 is 0 Å². The van der Waals surface area contributed by atoms with Gasteiger partial charge in [-0.05, 0) is 43.0 Å². The smallest absolute Gasteiger partial charge is 0.0700 e. The lowest BCUT2D eigenvalue weighted by Crippen LogP contribution is -2.21. The molecule has 0 aromatic heterocycles. The van der Waals surface area contributed by atoms with E-state index in [1.807, 2.05) is 0 Å². The molecular formula is C16H26BrNO2. The van der Waals surface area contributed by atoms with Gasteiger partial charge in [-0.25, -0.2) is 0 Å². The zero-order valence-electron chi connectivity index (χ0n) is 12.5. The summed E-state index contributed by atoms with van der Waals surface area (Å²) in [4.78, 5) is 0. The minimum Gasteiger partial charge on any atom is -0.382 e. The van der Waals surface area contributed by atoms with Crippen molar-refractivity contribution in [3.05, 3.63) is 34.3 Å². The molecule has 0 aliphatic rings. The third-order valence-corrected chi connectivity index (χ3v) is 3.73. The standard InChI is InChI=1S/C16H26BrNO2/c1-3-18-13-15(7-5-9-20-11-10-19-2)14-6-4-8-16(17)12-14/h4,6,8,12,15,18H,3,5,7,9-11,13H2,1-2H3. The predicted octanol–water partition coefficient (Wildman–Crippen LogP) is 3.59. The Balaban J connectivity index is 2.40. The Hall–Kier alpha value is -0.420. The number of halogens is 1. The summed E-state index contributed by atoms with van der Waals surface area (Å²) >= 11 is 3.55. The average molecular weight is 344 g/mol. The Morgan fingerprint density at radius 1 is 1.25 bits per heavy atom. The van der Waals surface area contributed by atoms with Gasteiger partial charge < -0.3 is 14.8 Å². The maximum absolute atomic E-state index is 5.53. The molecule has 0 heterocycles. The van der Waals surface area contributed by atoms with Gasteiger partial charge in [-0.3, -0.25) is 0 Å². The zero-order valence-corrected chi connectivity index (χ0v) is 14.1. The molecule has 0 saturated carbocycles. The Labute approximate surface area is 131 Å². The van der Waals surface area contributed by atoms with Crippen LogP contribution in [0.15, 0.2) is 28.7 Å². The average Bonchev–Trinajstić information content (AvgIpc) is 2.45. The van der Waals surface area contributed by atoms with Crippen molar-refractivity contribution in [2.24, 2.45) is 0 Å². The van der Waals surface area contributed by atoms with Gasteiger partial charge in [0.15, 0.2) is 0 Å². The molecule has 114 valence electrons. The Morgan fingerprint density at radius 3 is 2.80 bits per heavy atom. The van der Waals surface area contributed by atoms with Crippen LogP contribution >= 0.6 is 15.9 Å². The molecule has 0 fully saturated rings. The minimum absolute atomic E-state index is 0.540. The molecule has 1 N–H and O–H groups in total. The van der Waals surface area contributed by atoms with Gasteiger partial charge in [-0.1, -0.05) is 35.0 Å². The van der Waals surface area contributed by atoms with Crippen molar-refractivity contribution < 1.29 is 9.47 Å². The summed E-state index contributed by atoms with van der Waals surface area (Å²) in [6.07, 6.45) is 2.21. The van der Waals surface area contributed by atoms with Gasteiger partial charge in [-0.15, -0.1) is 0 Å². The normalized spacial score (nSPS) is 12.6. The van der Waals surface area contributed by atoms with Gasteiger partial charge in [0.1, 0.15) is 0 Å². The summed E-state index contributed by atoms with van der Waals surface area (Å²) in [7, 11) is 1.70. The Bertz CT molecular complexity index is 360. The van der Waals surface area contributed by atoms with Crippen molar-refractivity contribution >= 4 is 15.9 Å². The first-order chi connectivity index (χ1) is 9.77. The van der Waals surface area contributed by atoms with Crippen molar-refractivity contribution in [2.45, 2.75) is 25.7 Å². The predicted molar refractivity (Wildman–Crippen MR) is 87.4 cm³/mol. The van der Waals surface area contributed by atoms with Crippen LogP contribution in [0.1, 0.15) is 31.2 Å². The van der Waals surface area contributed by atoms with E-state index in [0.29, 0.717) is 19.1 Å². The number of rotatable bonds is 11. The van der Waals surface area contributed by atoms with E-state index in [-0.39, 0.29) is 0 Å². The molecule has 0 saturated heterocycles. The van der Waals surface area contributed by atoms with E-state index < -0.39 is 0 Å². The maximum Gasteiger partial charge on any atom is 0.0700 e. The highest BCUT2D eigenvalue weighted by molar-refractivity contribution is 9.10.